The van der Waals surface area contributed by atoms with Crippen LogP contribution in [0.1, 0.15) is 33.2 Å². The molecule has 0 spiro atoms. The van der Waals surface area contributed by atoms with Crippen molar-refractivity contribution in [3.63, 3.8) is 0 Å². The normalized spacial score (nSPS) is 17.8. The number of carbonyl (C=O) groups is 1. The van der Waals surface area contributed by atoms with Gasteiger partial charge in [-0.3, -0.25) is 14.6 Å². The minimum Gasteiger partial charge on any atom is -0.502 e. The summed E-state index contributed by atoms with van der Waals surface area (Å²) in [5.41, 5.74) is 1.33. The average molecular weight is 424 g/mol. The lowest BCUT2D eigenvalue weighted by molar-refractivity contribution is 0.0715. The third-order valence-electron chi connectivity index (χ3n) is 5.43. The molecule has 0 saturated heterocycles. The predicted octanol–water partition coefficient (Wildman–Crippen LogP) is 2.46. The molecule has 0 saturated carbocycles. The lowest BCUT2D eigenvalue weighted by Gasteiger charge is -2.41. The molecular formula is C21H17FN4O3S. The Labute approximate surface area is 175 Å². The lowest BCUT2D eigenvalue weighted by Crippen LogP contribution is -2.55. The minimum absolute atomic E-state index is 0.140. The van der Waals surface area contributed by atoms with Crippen LogP contribution >= 0.6 is 11.8 Å². The smallest absolute Gasteiger partial charge is 0.279 e. The van der Waals surface area contributed by atoms with Crippen LogP contribution in [-0.2, 0) is 5.75 Å². The van der Waals surface area contributed by atoms with E-state index in [0.29, 0.717) is 11.3 Å². The first-order chi connectivity index (χ1) is 14.5. The van der Waals surface area contributed by atoms with E-state index in [1.54, 1.807) is 29.9 Å². The fourth-order valence-electron chi connectivity index (χ4n) is 3.99. The van der Waals surface area contributed by atoms with Crippen molar-refractivity contribution in [3.05, 3.63) is 87.1 Å². The second kappa shape index (κ2) is 6.88. The van der Waals surface area contributed by atoms with Gasteiger partial charge in [0.2, 0.25) is 5.43 Å². The number of thioether (sulfide) groups is 1. The molecule has 1 aromatic heterocycles. The quantitative estimate of drug-likeness (QED) is 0.647. The van der Waals surface area contributed by atoms with Crippen LogP contribution in [0.3, 0.4) is 0 Å². The lowest BCUT2D eigenvalue weighted by atomic mass is 9.94. The van der Waals surface area contributed by atoms with Crippen molar-refractivity contribution in [2.45, 2.75) is 16.7 Å². The molecule has 2 aliphatic rings. The van der Waals surface area contributed by atoms with Gasteiger partial charge in [-0.25, -0.2) is 4.39 Å². The van der Waals surface area contributed by atoms with Crippen molar-refractivity contribution in [3.8, 4) is 5.75 Å². The van der Waals surface area contributed by atoms with Crippen molar-refractivity contribution in [1.29, 1.82) is 0 Å². The van der Waals surface area contributed by atoms with E-state index in [9.17, 15) is 19.1 Å². The highest BCUT2D eigenvalue weighted by Gasteiger charge is 2.38. The highest BCUT2D eigenvalue weighted by atomic mass is 32.2. The Balaban J connectivity index is 1.80. The number of aromatic nitrogens is 2. The largest absolute Gasteiger partial charge is 0.502 e. The van der Waals surface area contributed by atoms with Gasteiger partial charge in [0, 0.05) is 23.3 Å². The van der Waals surface area contributed by atoms with Gasteiger partial charge in [-0.15, -0.1) is 11.8 Å². The van der Waals surface area contributed by atoms with Crippen LogP contribution in [-0.4, -0.2) is 39.5 Å². The standard InChI is InChI=1S/C21H17FN4O3S/c1-24-11-25(26-19(21(24)29)20(28)16(27)9-23-26)18-12-6-4-7-15(22)14(12)10-30-17-8-3-2-5-13(17)18/h2-9,18,28H,10-11H2,1H3. The van der Waals surface area contributed by atoms with Gasteiger partial charge in [0.05, 0.1) is 0 Å². The molecule has 1 N–H and O–H groups in total. The minimum atomic E-state index is -0.729. The van der Waals surface area contributed by atoms with Crippen molar-refractivity contribution < 1.29 is 14.3 Å². The first-order valence-corrected chi connectivity index (χ1v) is 10.3. The van der Waals surface area contributed by atoms with Gasteiger partial charge in [0.1, 0.15) is 24.7 Å². The molecule has 0 radical (unpaired) electrons. The van der Waals surface area contributed by atoms with Crippen molar-refractivity contribution >= 4 is 17.7 Å². The van der Waals surface area contributed by atoms with Crippen molar-refractivity contribution in [2.24, 2.45) is 0 Å². The van der Waals surface area contributed by atoms with Crippen LogP contribution in [0.15, 0.2) is 58.4 Å². The van der Waals surface area contributed by atoms with Crippen LogP contribution < -0.4 is 10.4 Å². The molecule has 7 nitrogen and oxygen atoms in total. The molecule has 1 amide bonds. The zero-order valence-corrected chi connectivity index (χ0v) is 16.8. The van der Waals surface area contributed by atoms with Gasteiger partial charge in [-0.2, -0.15) is 9.89 Å². The number of benzene rings is 2. The Hall–Kier alpha value is -3.33. The molecule has 0 aliphatic carbocycles. The molecule has 2 aliphatic heterocycles. The Morgan fingerprint density at radius 2 is 1.90 bits per heavy atom. The average Bonchev–Trinajstić information content (AvgIpc) is 2.91. The van der Waals surface area contributed by atoms with Crippen LogP contribution in [0.25, 0.3) is 0 Å². The molecule has 9 heteroatoms. The molecule has 152 valence electrons. The van der Waals surface area contributed by atoms with Crippen LogP contribution in [0.2, 0.25) is 0 Å². The Morgan fingerprint density at radius 3 is 2.73 bits per heavy atom. The van der Waals surface area contributed by atoms with Gasteiger partial charge < -0.3 is 10.0 Å². The predicted molar refractivity (Wildman–Crippen MR) is 110 cm³/mol. The molecule has 3 aromatic rings. The number of hydrogen-bond donors (Lipinski definition) is 1. The van der Waals surface area contributed by atoms with Crippen LogP contribution in [0.5, 0.6) is 5.75 Å². The summed E-state index contributed by atoms with van der Waals surface area (Å²) in [5.74, 6) is -0.990. The van der Waals surface area contributed by atoms with Gasteiger partial charge in [0.25, 0.3) is 5.91 Å². The van der Waals surface area contributed by atoms with E-state index >= 15 is 0 Å². The van der Waals surface area contributed by atoms with Gasteiger partial charge in [-0.1, -0.05) is 30.3 Å². The highest BCUT2D eigenvalue weighted by molar-refractivity contribution is 7.98. The molecule has 0 fully saturated rings. The maximum atomic E-state index is 14.8. The van der Waals surface area contributed by atoms with E-state index in [-0.39, 0.29) is 18.2 Å². The summed E-state index contributed by atoms with van der Waals surface area (Å²) < 4.78 is 14.8. The Bertz CT molecular complexity index is 1250. The molecule has 3 heterocycles. The van der Waals surface area contributed by atoms with Gasteiger partial charge >= 0.3 is 0 Å². The molecule has 30 heavy (non-hydrogen) atoms. The van der Waals surface area contributed by atoms with Crippen molar-refractivity contribution in [1.82, 2.24) is 14.8 Å². The number of halogens is 1. The Kier molecular flexibility index (Phi) is 4.28. The number of fused-ring (bicyclic) bond motifs is 3. The summed E-state index contributed by atoms with van der Waals surface area (Å²) >= 11 is 1.55. The van der Waals surface area contributed by atoms with Gasteiger partial charge in [-0.05, 0) is 23.3 Å². The summed E-state index contributed by atoms with van der Waals surface area (Å²) in [7, 11) is 1.58. The summed E-state index contributed by atoms with van der Waals surface area (Å²) in [5, 5.41) is 16.2. The van der Waals surface area contributed by atoms with E-state index in [2.05, 4.69) is 5.10 Å². The molecular weight excluding hydrogens is 407 g/mol. The summed E-state index contributed by atoms with van der Waals surface area (Å²) in [4.78, 5) is 28.3. The summed E-state index contributed by atoms with van der Waals surface area (Å²) in [6.45, 7) is 0.140. The number of carbonyl (C=O) groups excluding carboxylic acids is 1. The Morgan fingerprint density at radius 1 is 1.13 bits per heavy atom. The zero-order chi connectivity index (χ0) is 21.0. The SMILES string of the molecule is CN1CN(C2c3ccccc3SCc3c(F)cccc32)n2ncc(=O)c(O)c2C1=O. The molecule has 1 atom stereocenters. The fourth-order valence-corrected chi connectivity index (χ4v) is 5.12. The van der Waals surface area contributed by atoms with Gasteiger partial charge in [0.15, 0.2) is 11.4 Å². The van der Waals surface area contributed by atoms with Crippen LogP contribution in [0, 0.1) is 5.82 Å². The maximum absolute atomic E-state index is 14.8. The third kappa shape index (κ3) is 2.69. The highest BCUT2D eigenvalue weighted by Crippen LogP contribution is 2.43. The van der Waals surface area contributed by atoms with E-state index < -0.39 is 23.1 Å². The monoisotopic (exact) mass is 424 g/mol. The van der Waals surface area contributed by atoms with E-state index in [1.165, 1.54) is 15.8 Å². The number of rotatable bonds is 1. The zero-order valence-electron chi connectivity index (χ0n) is 15.9. The number of aromatic hydroxyl groups is 1. The number of hydrogen-bond acceptors (Lipinski definition) is 6. The fraction of sp³-hybridized carbons (Fsp3) is 0.190. The second-order valence-corrected chi connectivity index (χ2v) is 8.23. The molecule has 0 bridgehead atoms. The third-order valence-corrected chi connectivity index (χ3v) is 6.54. The number of nitrogens with zero attached hydrogens (tertiary/aromatic N) is 4. The van der Waals surface area contributed by atoms with Crippen molar-refractivity contribution in [2.75, 3.05) is 18.7 Å². The number of amides is 1. The molecule has 1 unspecified atom stereocenters. The van der Waals surface area contributed by atoms with Crippen LogP contribution in [0.4, 0.5) is 4.39 Å². The van der Waals surface area contributed by atoms with E-state index in [0.717, 1.165) is 22.2 Å². The summed E-state index contributed by atoms with van der Waals surface area (Å²) in [6, 6.07) is 12.3. The van der Waals surface area contributed by atoms with E-state index in [4.69, 9.17) is 0 Å². The summed E-state index contributed by atoms with van der Waals surface area (Å²) in [6.07, 6.45) is 0.980. The van der Waals surface area contributed by atoms with E-state index in [1.807, 2.05) is 30.3 Å². The first-order valence-electron chi connectivity index (χ1n) is 9.30. The first kappa shape index (κ1) is 18.7. The molecule has 5 rings (SSSR count). The second-order valence-electron chi connectivity index (χ2n) is 7.22. The maximum Gasteiger partial charge on any atom is 0.279 e. The topological polar surface area (TPSA) is 78.7 Å². The molecule has 2 aromatic carbocycles.